The summed E-state index contributed by atoms with van der Waals surface area (Å²) < 4.78 is 24.7. The monoisotopic (exact) mass is 618 g/mol. The van der Waals surface area contributed by atoms with Gasteiger partial charge in [-0.25, -0.2) is 14.5 Å². The lowest BCUT2D eigenvalue weighted by atomic mass is 10.1. The van der Waals surface area contributed by atoms with Gasteiger partial charge in [0.1, 0.15) is 34.4 Å². The minimum atomic E-state index is -0.00160. The minimum Gasteiger partial charge on any atom is -0.496 e. The maximum Gasteiger partial charge on any atom is 0.294 e. The van der Waals surface area contributed by atoms with Crippen LogP contribution in [0.5, 0.6) is 16.7 Å². The van der Waals surface area contributed by atoms with Crippen molar-refractivity contribution in [3.8, 4) is 38.7 Å². The molecule has 4 aromatic heterocycles. The number of carbonyl (C=O) groups is 1. The van der Waals surface area contributed by atoms with Crippen molar-refractivity contribution in [3.63, 3.8) is 0 Å². The highest BCUT2D eigenvalue weighted by molar-refractivity contribution is 7.18. The number of methoxy groups -OCH3 is 2. The van der Waals surface area contributed by atoms with Crippen molar-refractivity contribution >= 4 is 44.5 Å². The van der Waals surface area contributed by atoms with Gasteiger partial charge < -0.3 is 28.4 Å². The van der Waals surface area contributed by atoms with Crippen molar-refractivity contribution in [2.75, 3.05) is 48.5 Å². The van der Waals surface area contributed by atoms with Gasteiger partial charge in [-0.2, -0.15) is 0 Å². The second-order valence-electron chi connectivity index (χ2n) is 10.1. The molecule has 6 rings (SSSR count). The van der Waals surface area contributed by atoms with Gasteiger partial charge in [-0.15, -0.1) is 16.4 Å². The molecule has 2 aromatic carbocycles. The second-order valence-corrected chi connectivity index (χ2v) is 11.9. The normalized spacial score (nSPS) is 11.5. The Labute approximate surface area is 255 Å². The van der Waals surface area contributed by atoms with E-state index in [1.807, 2.05) is 69.0 Å². The molecule has 0 atom stereocenters. The molecule has 0 saturated heterocycles. The predicted molar refractivity (Wildman–Crippen MR) is 167 cm³/mol. The first kappa shape index (κ1) is 28.6. The van der Waals surface area contributed by atoms with Gasteiger partial charge in [0.05, 0.1) is 31.5 Å². The number of hydrogen-bond acceptors (Lipinski definition) is 11. The number of carbonyl (C=O) groups excluding carboxylic acids is 1. The van der Waals surface area contributed by atoms with E-state index in [1.54, 1.807) is 29.8 Å². The lowest BCUT2D eigenvalue weighted by Crippen LogP contribution is -2.33. The number of benzene rings is 2. The van der Waals surface area contributed by atoms with Crippen molar-refractivity contribution in [1.82, 2.24) is 29.4 Å². The standard InChI is InChI=1S/C30H30N6O5S2/c1-34(2)10-11-35(3)28(37)19-8-6-18(7-9-19)27-31-20(17-42-27)16-40-24-12-21(38-4)13-25-22(24)14-26(41-25)23-15-36-29(32-23)43-30(33-36)39-5/h6-9,12-15,17H,10-11,16H2,1-5H3. The maximum absolute atomic E-state index is 12.8. The highest BCUT2D eigenvalue weighted by Gasteiger charge is 2.18. The summed E-state index contributed by atoms with van der Waals surface area (Å²) in [5.41, 5.74) is 3.65. The zero-order chi connectivity index (χ0) is 30.1. The van der Waals surface area contributed by atoms with E-state index in [2.05, 4.69) is 15.0 Å². The average molecular weight is 619 g/mol. The summed E-state index contributed by atoms with van der Waals surface area (Å²) in [5.74, 6) is 1.81. The van der Waals surface area contributed by atoms with Crippen molar-refractivity contribution in [1.29, 1.82) is 0 Å². The summed E-state index contributed by atoms with van der Waals surface area (Å²) in [6.45, 7) is 1.74. The number of furan rings is 1. The van der Waals surface area contributed by atoms with Crippen LogP contribution in [0.25, 0.3) is 38.0 Å². The van der Waals surface area contributed by atoms with Crippen LogP contribution >= 0.6 is 22.7 Å². The maximum atomic E-state index is 12.8. The van der Waals surface area contributed by atoms with Crippen LogP contribution in [0.4, 0.5) is 0 Å². The lowest BCUT2D eigenvalue weighted by Gasteiger charge is -2.19. The molecule has 13 heteroatoms. The molecule has 4 heterocycles. The van der Waals surface area contributed by atoms with Crippen LogP contribution in [0.3, 0.4) is 0 Å². The van der Waals surface area contributed by atoms with Crippen LogP contribution < -0.4 is 14.2 Å². The van der Waals surface area contributed by atoms with E-state index in [0.29, 0.717) is 50.8 Å². The molecule has 1 amide bonds. The van der Waals surface area contributed by atoms with Gasteiger partial charge in [-0.3, -0.25) is 4.79 Å². The number of fused-ring (bicyclic) bond motifs is 2. The summed E-state index contributed by atoms with van der Waals surface area (Å²) in [4.78, 5) is 26.6. The minimum absolute atomic E-state index is 0.00160. The van der Waals surface area contributed by atoms with E-state index >= 15 is 0 Å². The topological polar surface area (TPSA) is 107 Å². The first-order chi connectivity index (χ1) is 20.8. The molecule has 11 nitrogen and oxygen atoms in total. The molecule has 43 heavy (non-hydrogen) atoms. The molecule has 0 aliphatic heterocycles. The quantitative estimate of drug-likeness (QED) is 0.185. The van der Waals surface area contributed by atoms with Crippen LogP contribution in [-0.2, 0) is 6.61 Å². The van der Waals surface area contributed by atoms with Gasteiger partial charge in [0.15, 0.2) is 5.76 Å². The van der Waals surface area contributed by atoms with Crippen molar-refractivity contribution in [2.24, 2.45) is 0 Å². The third kappa shape index (κ3) is 6.05. The summed E-state index contributed by atoms with van der Waals surface area (Å²) in [6, 6.07) is 13.1. The number of rotatable bonds is 11. The van der Waals surface area contributed by atoms with Crippen LogP contribution in [0, 0.1) is 0 Å². The molecule has 0 unspecified atom stereocenters. The molecular formula is C30H30N6O5S2. The van der Waals surface area contributed by atoms with Gasteiger partial charge in [-0.05, 0) is 43.6 Å². The Bertz CT molecular complexity index is 1860. The lowest BCUT2D eigenvalue weighted by molar-refractivity contribution is 0.0786. The van der Waals surface area contributed by atoms with E-state index in [9.17, 15) is 4.79 Å². The summed E-state index contributed by atoms with van der Waals surface area (Å²) in [6.07, 6.45) is 1.80. The fourth-order valence-electron chi connectivity index (χ4n) is 4.41. The predicted octanol–water partition coefficient (Wildman–Crippen LogP) is 5.56. The summed E-state index contributed by atoms with van der Waals surface area (Å²) in [5, 5.41) is 8.49. The van der Waals surface area contributed by atoms with E-state index in [1.165, 1.54) is 22.7 Å². The van der Waals surface area contributed by atoms with E-state index in [4.69, 9.17) is 23.6 Å². The molecule has 0 aliphatic rings. The Hall–Kier alpha value is -4.46. The number of nitrogens with zero attached hydrogens (tertiary/aromatic N) is 6. The zero-order valence-corrected chi connectivity index (χ0v) is 26.0. The fraction of sp³-hybridized carbons (Fsp3) is 0.267. The largest absolute Gasteiger partial charge is 0.496 e. The Balaban J connectivity index is 1.17. The molecule has 0 N–H and O–H groups in total. The van der Waals surface area contributed by atoms with E-state index in [0.717, 1.165) is 28.2 Å². The van der Waals surface area contributed by atoms with E-state index < -0.39 is 0 Å². The van der Waals surface area contributed by atoms with Crippen LogP contribution in [0.1, 0.15) is 16.1 Å². The van der Waals surface area contributed by atoms with Gasteiger partial charge in [0.2, 0.25) is 4.96 Å². The first-order valence-electron chi connectivity index (χ1n) is 13.4. The highest BCUT2D eigenvalue weighted by Crippen LogP contribution is 2.38. The van der Waals surface area contributed by atoms with Crippen molar-refractivity contribution in [2.45, 2.75) is 6.61 Å². The first-order valence-corrected chi connectivity index (χ1v) is 15.1. The van der Waals surface area contributed by atoms with Crippen LogP contribution in [-0.4, -0.2) is 83.7 Å². The Morgan fingerprint density at radius 3 is 2.56 bits per heavy atom. The molecule has 0 spiro atoms. The molecule has 6 aromatic rings. The smallest absolute Gasteiger partial charge is 0.294 e. The summed E-state index contributed by atoms with van der Waals surface area (Å²) >= 11 is 2.88. The molecule has 0 saturated carbocycles. The Morgan fingerprint density at radius 1 is 1.02 bits per heavy atom. The number of aromatic nitrogens is 4. The van der Waals surface area contributed by atoms with E-state index in [-0.39, 0.29) is 12.5 Å². The van der Waals surface area contributed by atoms with Crippen LogP contribution in [0.15, 0.2) is 58.5 Å². The summed E-state index contributed by atoms with van der Waals surface area (Å²) in [7, 11) is 8.99. The third-order valence-electron chi connectivity index (χ3n) is 6.80. The number of imidazole rings is 1. The Morgan fingerprint density at radius 2 is 1.84 bits per heavy atom. The third-order valence-corrected chi connectivity index (χ3v) is 8.62. The molecule has 0 bridgehead atoms. The number of likely N-dealkylation sites (N-methyl/N-ethyl adjacent to an activating group) is 2. The average Bonchev–Trinajstić information content (AvgIpc) is 3.81. The zero-order valence-electron chi connectivity index (χ0n) is 24.4. The van der Waals surface area contributed by atoms with Crippen molar-refractivity contribution in [3.05, 3.63) is 65.3 Å². The number of hydrogen-bond donors (Lipinski definition) is 0. The highest BCUT2D eigenvalue weighted by atomic mass is 32.1. The van der Waals surface area contributed by atoms with Crippen molar-refractivity contribution < 1.29 is 23.4 Å². The molecular weight excluding hydrogens is 589 g/mol. The number of ether oxygens (including phenoxy) is 3. The SMILES string of the molecule is COc1cc(OCc2csc(-c3ccc(C(=O)N(C)CCN(C)C)cc3)n2)c2cc(-c3cn4nc(OC)sc4n3)oc2c1. The second kappa shape index (κ2) is 12.0. The molecule has 0 radical (unpaired) electrons. The molecule has 0 fully saturated rings. The number of amides is 1. The van der Waals surface area contributed by atoms with Gasteiger partial charge in [0.25, 0.3) is 11.1 Å². The van der Waals surface area contributed by atoms with Gasteiger partial charge in [0, 0.05) is 48.8 Å². The fourth-order valence-corrected chi connectivity index (χ4v) is 5.92. The molecule has 222 valence electrons. The molecule has 0 aliphatic carbocycles. The van der Waals surface area contributed by atoms with Crippen LogP contribution in [0.2, 0.25) is 0 Å². The van der Waals surface area contributed by atoms with Gasteiger partial charge >= 0.3 is 0 Å². The van der Waals surface area contributed by atoms with Gasteiger partial charge in [-0.1, -0.05) is 12.1 Å². The number of thiazole rings is 1. The Kier molecular flexibility index (Phi) is 8.02.